The van der Waals surface area contributed by atoms with Gasteiger partial charge in [0.15, 0.2) is 0 Å². The zero-order chi connectivity index (χ0) is 27.3. The molecule has 0 spiro atoms. The molecule has 3 rings (SSSR count). The SMILES string of the molecule is CCN(CC)CCN1C(=O)C(=O)/C(=C(/O)c2ccc(OCC(C)C)c(C)c2)[C@H]1c1cccc([N+](=O)[O-])c1. The summed E-state index contributed by atoms with van der Waals surface area (Å²) < 4.78 is 5.82. The maximum Gasteiger partial charge on any atom is 0.295 e. The van der Waals surface area contributed by atoms with E-state index in [2.05, 4.69) is 4.90 Å². The van der Waals surface area contributed by atoms with Crippen molar-refractivity contribution in [2.24, 2.45) is 5.92 Å². The topological polar surface area (TPSA) is 113 Å². The Balaban J connectivity index is 2.10. The summed E-state index contributed by atoms with van der Waals surface area (Å²) >= 11 is 0. The average molecular weight is 510 g/mol. The van der Waals surface area contributed by atoms with Crippen LogP contribution in [0.4, 0.5) is 5.69 Å². The number of amides is 1. The number of likely N-dealkylation sites (tertiary alicyclic amines) is 1. The molecule has 1 fully saturated rings. The van der Waals surface area contributed by atoms with E-state index in [1.807, 2.05) is 34.6 Å². The minimum absolute atomic E-state index is 0.0831. The van der Waals surface area contributed by atoms with E-state index in [0.717, 1.165) is 18.7 Å². The number of ketones is 1. The predicted octanol–water partition coefficient (Wildman–Crippen LogP) is 4.70. The Morgan fingerprint density at radius 3 is 2.46 bits per heavy atom. The van der Waals surface area contributed by atoms with Crippen molar-refractivity contribution >= 4 is 23.1 Å². The van der Waals surface area contributed by atoms with Crippen molar-refractivity contribution in [1.82, 2.24) is 9.80 Å². The van der Waals surface area contributed by atoms with E-state index in [0.29, 0.717) is 35.9 Å². The molecule has 0 saturated carbocycles. The lowest BCUT2D eigenvalue weighted by molar-refractivity contribution is -0.384. The van der Waals surface area contributed by atoms with Crippen molar-refractivity contribution in [3.8, 4) is 5.75 Å². The number of hydrogen-bond acceptors (Lipinski definition) is 7. The first kappa shape index (κ1) is 27.9. The van der Waals surface area contributed by atoms with Crippen LogP contribution in [0, 0.1) is 23.0 Å². The van der Waals surface area contributed by atoms with Gasteiger partial charge in [-0.25, -0.2) is 0 Å². The quantitative estimate of drug-likeness (QED) is 0.154. The normalized spacial score (nSPS) is 17.2. The van der Waals surface area contributed by atoms with Crippen molar-refractivity contribution in [2.75, 3.05) is 32.8 Å². The average Bonchev–Trinajstić information content (AvgIpc) is 3.13. The zero-order valence-electron chi connectivity index (χ0n) is 22.1. The van der Waals surface area contributed by atoms with Crippen molar-refractivity contribution in [2.45, 2.75) is 40.7 Å². The lowest BCUT2D eigenvalue weighted by atomic mass is 9.94. The number of carbonyl (C=O) groups excluding carboxylic acids is 2. The van der Waals surface area contributed by atoms with E-state index in [1.165, 1.54) is 23.1 Å². The van der Waals surface area contributed by atoms with E-state index < -0.39 is 22.7 Å². The van der Waals surface area contributed by atoms with Crippen LogP contribution in [0.25, 0.3) is 5.76 Å². The number of hydrogen-bond donors (Lipinski definition) is 1. The molecule has 9 heteroatoms. The lowest BCUT2D eigenvalue weighted by Crippen LogP contribution is -2.38. The van der Waals surface area contributed by atoms with Crippen LogP contribution in [-0.2, 0) is 9.59 Å². The van der Waals surface area contributed by atoms with Gasteiger partial charge in [0.25, 0.3) is 17.4 Å². The monoisotopic (exact) mass is 509 g/mol. The molecule has 0 aromatic heterocycles. The highest BCUT2D eigenvalue weighted by atomic mass is 16.6. The van der Waals surface area contributed by atoms with Crippen LogP contribution in [-0.4, -0.2) is 64.3 Å². The molecule has 1 amide bonds. The number of nitro groups is 1. The first-order chi connectivity index (χ1) is 17.6. The fourth-order valence-electron chi connectivity index (χ4n) is 4.43. The van der Waals surface area contributed by atoms with Crippen molar-refractivity contribution in [3.05, 3.63) is 74.8 Å². The van der Waals surface area contributed by atoms with Crippen LogP contribution in [0.3, 0.4) is 0 Å². The van der Waals surface area contributed by atoms with Crippen LogP contribution in [0.15, 0.2) is 48.0 Å². The summed E-state index contributed by atoms with van der Waals surface area (Å²) in [6.07, 6.45) is 0. The summed E-state index contributed by atoms with van der Waals surface area (Å²) in [5.41, 5.74) is 1.29. The van der Waals surface area contributed by atoms with E-state index >= 15 is 0 Å². The smallest absolute Gasteiger partial charge is 0.295 e. The summed E-state index contributed by atoms with van der Waals surface area (Å²) in [5.74, 6) is -0.862. The van der Waals surface area contributed by atoms with Gasteiger partial charge < -0.3 is 19.6 Å². The van der Waals surface area contributed by atoms with Gasteiger partial charge in [0.05, 0.1) is 23.1 Å². The summed E-state index contributed by atoms with van der Waals surface area (Å²) in [5, 5.41) is 22.8. The number of nitro benzene ring substituents is 1. The molecule has 0 bridgehead atoms. The number of non-ortho nitro benzene ring substituents is 1. The van der Waals surface area contributed by atoms with Gasteiger partial charge in [-0.1, -0.05) is 39.8 Å². The van der Waals surface area contributed by atoms with E-state index in [1.54, 1.807) is 24.3 Å². The molecule has 37 heavy (non-hydrogen) atoms. The molecule has 2 aromatic carbocycles. The largest absolute Gasteiger partial charge is 0.507 e. The first-order valence-electron chi connectivity index (χ1n) is 12.6. The van der Waals surface area contributed by atoms with Gasteiger partial charge in [0, 0.05) is 30.8 Å². The Labute approximate surface area is 217 Å². The lowest BCUT2D eigenvalue weighted by Gasteiger charge is -2.28. The molecule has 1 saturated heterocycles. The number of ether oxygens (including phenoxy) is 1. The number of aliphatic hydroxyl groups is 1. The number of nitrogens with zero attached hydrogens (tertiary/aromatic N) is 3. The molecule has 1 aliphatic rings. The minimum Gasteiger partial charge on any atom is -0.507 e. The van der Waals surface area contributed by atoms with Gasteiger partial charge in [0.1, 0.15) is 11.5 Å². The molecule has 1 atom stereocenters. The fourth-order valence-corrected chi connectivity index (χ4v) is 4.43. The summed E-state index contributed by atoms with van der Waals surface area (Å²) in [6, 6.07) is 9.98. The second-order valence-electron chi connectivity index (χ2n) is 9.56. The minimum atomic E-state index is -0.951. The molecule has 0 unspecified atom stereocenters. The van der Waals surface area contributed by atoms with E-state index in [-0.39, 0.29) is 23.6 Å². The molecular formula is C28H35N3O6. The standard InChI is InChI=1S/C28H35N3O6/c1-6-29(7-2)13-14-30-25(20-9-8-10-22(16-20)31(35)36)24(27(33)28(30)34)26(32)21-11-12-23(19(5)15-21)37-17-18(3)4/h8-12,15-16,18,25,32H,6-7,13-14,17H2,1-5H3/b26-24+/t25-/m1/s1. The number of benzene rings is 2. The number of aryl methyl sites for hydroxylation is 1. The number of likely N-dealkylation sites (N-methyl/N-ethyl adjacent to an activating group) is 1. The highest BCUT2D eigenvalue weighted by Crippen LogP contribution is 2.40. The van der Waals surface area contributed by atoms with Gasteiger partial charge >= 0.3 is 0 Å². The summed E-state index contributed by atoms with van der Waals surface area (Å²) in [6.45, 7) is 12.8. The van der Waals surface area contributed by atoms with Crippen LogP contribution >= 0.6 is 0 Å². The Kier molecular flexibility index (Phi) is 9.04. The second-order valence-corrected chi connectivity index (χ2v) is 9.56. The number of Topliss-reactive ketones (excluding diaryl/α,β-unsaturated/α-hetero) is 1. The Morgan fingerprint density at radius 2 is 1.86 bits per heavy atom. The fraction of sp³-hybridized carbons (Fsp3) is 0.429. The van der Waals surface area contributed by atoms with Gasteiger partial charge in [-0.2, -0.15) is 0 Å². The highest BCUT2D eigenvalue weighted by Gasteiger charge is 2.46. The van der Waals surface area contributed by atoms with Crippen LogP contribution in [0.5, 0.6) is 5.75 Å². The first-order valence-corrected chi connectivity index (χ1v) is 12.6. The Bertz CT molecular complexity index is 1200. The molecular weight excluding hydrogens is 474 g/mol. The summed E-state index contributed by atoms with van der Waals surface area (Å²) in [4.78, 5) is 40.9. The van der Waals surface area contributed by atoms with Crippen molar-refractivity contribution in [3.63, 3.8) is 0 Å². The molecule has 0 radical (unpaired) electrons. The van der Waals surface area contributed by atoms with Crippen LogP contribution in [0.2, 0.25) is 0 Å². The maximum atomic E-state index is 13.3. The highest BCUT2D eigenvalue weighted by molar-refractivity contribution is 6.46. The molecule has 1 aliphatic heterocycles. The third-order valence-electron chi connectivity index (χ3n) is 6.51. The van der Waals surface area contributed by atoms with Gasteiger partial charge in [-0.3, -0.25) is 19.7 Å². The third-order valence-corrected chi connectivity index (χ3v) is 6.51. The summed E-state index contributed by atoms with van der Waals surface area (Å²) in [7, 11) is 0. The Morgan fingerprint density at radius 1 is 1.16 bits per heavy atom. The maximum absolute atomic E-state index is 13.3. The van der Waals surface area contributed by atoms with Crippen LogP contribution < -0.4 is 4.74 Å². The molecule has 2 aromatic rings. The molecule has 198 valence electrons. The van der Waals surface area contributed by atoms with Crippen molar-refractivity contribution in [1.29, 1.82) is 0 Å². The van der Waals surface area contributed by atoms with Gasteiger partial charge in [-0.15, -0.1) is 0 Å². The van der Waals surface area contributed by atoms with E-state index in [9.17, 15) is 24.8 Å². The molecule has 9 nitrogen and oxygen atoms in total. The van der Waals surface area contributed by atoms with Gasteiger partial charge in [-0.05, 0) is 55.3 Å². The Hall–Kier alpha value is -3.72. The van der Waals surface area contributed by atoms with Crippen molar-refractivity contribution < 1.29 is 24.4 Å². The predicted molar refractivity (Wildman–Crippen MR) is 141 cm³/mol. The molecule has 0 aliphatic carbocycles. The number of carbonyl (C=O) groups is 2. The van der Waals surface area contributed by atoms with Crippen LogP contribution in [0.1, 0.15) is 50.4 Å². The zero-order valence-corrected chi connectivity index (χ0v) is 22.1. The molecule has 1 heterocycles. The number of aliphatic hydroxyl groups excluding tert-OH is 1. The number of rotatable bonds is 11. The van der Waals surface area contributed by atoms with Gasteiger partial charge in [0.2, 0.25) is 0 Å². The van der Waals surface area contributed by atoms with E-state index in [4.69, 9.17) is 4.74 Å². The molecule has 1 N–H and O–H groups in total. The third kappa shape index (κ3) is 6.17. The second kappa shape index (κ2) is 12.0.